The van der Waals surface area contributed by atoms with Crippen molar-refractivity contribution in [3.8, 4) is 0 Å². The summed E-state index contributed by atoms with van der Waals surface area (Å²) >= 11 is 3.59. The summed E-state index contributed by atoms with van der Waals surface area (Å²) in [6.45, 7) is 6.17. The molecule has 4 heteroatoms. The zero-order valence-electron chi connectivity index (χ0n) is 12.1. The highest BCUT2D eigenvalue weighted by atomic mass is 79.9. The number of hydrogen-bond acceptors (Lipinski definition) is 3. The van der Waals surface area contributed by atoms with E-state index in [0.717, 1.165) is 41.6 Å². The monoisotopic (exact) mass is 335 g/mol. The lowest BCUT2D eigenvalue weighted by atomic mass is 9.88. The Kier molecular flexibility index (Phi) is 5.00. The van der Waals surface area contributed by atoms with Gasteiger partial charge in [-0.2, -0.15) is 0 Å². The molecule has 0 aliphatic rings. The number of pyridine rings is 1. The number of nitrogens with one attached hydrogen (secondary N) is 1. The number of nitrogens with two attached hydrogens (primary N) is 1. The highest BCUT2D eigenvalue weighted by Crippen LogP contribution is 2.29. The average Bonchev–Trinajstić information content (AvgIpc) is 2.44. The SMILES string of the molecule is CC(C)(CCCN)CNc1nccc2c(Br)cccc12. The molecule has 0 spiro atoms. The largest absolute Gasteiger partial charge is 0.369 e. The van der Waals surface area contributed by atoms with Crippen molar-refractivity contribution in [3.63, 3.8) is 0 Å². The van der Waals surface area contributed by atoms with Crippen molar-refractivity contribution in [2.45, 2.75) is 26.7 Å². The fourth-order valence-electron chi connectivity index (χ4n) is 2.30. The molecule has 0 amide bonds. The van der Waals surface area contributed by atoms with E-state index in [9.17, 15) is 0 Å². The maximum Gasteiger partial charge on any atom is 0.133 e. The molecule has 0 unspecified atom stereocenters. The second kappa shape index (κ2) is 6.55. The van der Waals surface area contributed by atoms with Crippen molar-refractivity contribution >= 4 is 32.5 Å². The minimum Gasteiger partial charge on any atom is -0.369 e. The number of fused-ring (bicyclic) bond motifs is 1. The molecule has 1 heterocycles. The minimum atomic E-state index is 0.217. The Morgan fingerprint density at radius 1 is 1.25 bits per heavy atom. The van der Waals surface area contributed by atoms with Crippen LogP contribution in [0.25, 0.3) is 10.8 Å². The molecule has 0 saturated heterocycles. The van der Waals surface area contributed by atoms with Gasteiger partial charge in [0.1, 0.15) is 5.82 Å². The average molecular weight is 336 g/mol. The molecule has 0 fully saturated rings. The van der Waals surface area contributed by atoms with Crippen LogP contribution in [0.2, 0.25) is 0 Å². The van der Waals surface area contributed by atoms with Crippen LogP contribution in [0.1, 0.15) is 26.7 Å². The van der Waals surface area contributed by atoms with Crippen molar-refractivity contribution < 1.29 is 0 Å². The zero-order valence-corrected chi connectivity index (χ0v) is 13.7. The lowest BCUT2D eigenvalue weighted by Gasteiger charge is -2.25. The Bertz CT molecular complexity index is 581. The van der Waals surface area contributed by atoms with E-state index in [-0.39, 0.29) is 5.41 Å². The van der Waals surface area contributed by atoms with Crippen LogP contribution in [0.4, 0.5) is 5.82 Å². The summed E-state index contributed by atoms with van der Waals surface area (Å²) < 4.78 is 1.10. The van der Waals surface area contributed by atoms with Crippen LogP contribution in [0.15, 0.2) is 34.9 Å². The highest BCUT2D eigenvalue weighted by Gasteiger charge is 2.17. The number of aromatic nitrogens is 1. The van der Waals surface area contributed by atoms with Gasteiger partial charge in [-0.05, 0) is 36.9 Å². The second-order valence-electron chi connectivity index (χ2n) is 5.90. The van der Waals surface area contributed by atoms with Crippen LogP contribution in [0.5, 0.6) is 0 Å². The first-order chi connectivity index (χ1) is 9.53. The van der Waals surface area contributed by atoms with E-state index in [1.54, 1.807) is 0 Å². The van der Waals surface area contributed by atoms with E-state index in [4.69, 9.17) is 5.73 Å². The third kappa shape index (κ3) is 3.70. The minimum absolute atomic E-state index is 0.217. The molecule has 3 N–H and O–H groups in total. The van der Waals surface area contributed by atoms with E-state index < -0.39 is 0 Å². The third-order valence-corrected chi connectivity index (χ3v) is 4.24. The zero-order chi connectivity index (χ0) is 14.6. The van der Waals surface area contributed by atoms with E-state index in [2.05, 4.69) is 52.2 Å². The van der Waals surface area contributed by atoms with E-state index in [0.29, 0.717) is 0 Å². The summed E-state index contributed by atoms with van der Waals surface area (Å²) in [5, 5.41) is 5.83. The summed E-state index contributed by atoms with van der Waals surface area (Å²) in [4.78, 5) is 4.47. The van der Waals surface area contributed by atoms with Gasteiger partial charge in [-0.25, -0.2) is 4.98 Å². The molecular weight excluding hydrogens is 314 g/mol. The van der Waals surface area contributed by atoms with Gasteiger partial charge in [-0.3, -0.25) is 0 Å². The summed E-state index contributed by atoms with van der Waals surface area (Å²) in [7, 11) is 0. The molecule has 1 aromatic carbocycles. The smallest absolute Gasteiger partial charge is 0.133 e. The summed E-state index contributed by atoms with van der Waals surface area (Å²) in [6, 6.07) is 8.22. The van der Waals surface area contributed by atoms with Gasteiger partial charge in [0.15, 0.2) is 0 Å². The first kappa shape index (κ1) is 15.3. The Morgan fingerprint density at radius 2 is 2.05 bits per heavy atom. The quantitative estimate of drug-likeness (QED) is 0.832. The number of rotatable bonds is 6. The number of anilines is 1. The van der Waals surface area contributed by atoms with Crippen molar-refractivity contribution in [3.05, 3.63) is 34.9 Å². The van der Waals surface area contributed by atoms with E-state index in [1.165, 1.54) is 5.39 Å². The van der Waals surface area contributed by atoms with Crippen molar-refractivity contribution in [1.82, 2.24) is 4.98 Å². The number of hydrogen-bond donors (Lipinski definition) is 2. The van der Waals surface area contributed by atoms with Gasteiger partial charge in [0.2, 0.25) is 0 Å². The van der Waals surface area contributed by atoms with Crippen molar-refractivity contribution in [2.24, 2.45) is 11.1 Å². The molecular formula is C16H22BrN3. The van der Waals surface area contributed by atoms with Crippen LogP contribution in [0, 0.1) is 5.41 Å². The summed E-state index contributed by atoms with van der Waals surface area (Å²) in [5.41, 5.74) is 5.81. The Balaban J connectivity index is 2.16. The van der Waals surface area contributed by atoms with Crippen LogP contribution in [-0.4, -0.2) is 18.1 Å². The lowest BCUT2D eigenvalue weighted by molar-refractivity contribution is 0.350. The summed E-state index contributed by atoms with van der Waals surface area (Å²) in [5.74, 6) is 0.949. The molecule has 1 aromatic heterocycles. The fourth-order valence-corrected chi connectivity index (χ4v) is 2.80. The molecule has 0 bridgehead atoms. The normalized spacial score (nSPS) is 11.8. The maximum absolute atomic E-state index is 5.60. The van der Waals surface area contributed by atoms with Gasteiger partial charge in [-0.15, -0.1) is 0 Å². The molecule has 108 valence electrons. The maximum atomic E-state index is 5.60. The van der Waals surface area contributed by atoms with Crippen molar-refractivity contribution in [1.29, 1.82) is 0 Å². The molecule has 0 radical (unpaired) electrons. The number of nitrogens with zero attached hydrogens (tertiary/aromatic N) is 1. The fraction of sp³-hybridized carbons (Fsp3) is 0.438. The Hall–Kier alpha value is -1.13. The Labute approximate surface area is 129 Å². The van der Waals surface area contributed by atoms with E-state index in [1.807, 2.05) is 18.3 Å². The standard InChI is InChI=1S/C16H22BrN3/c1-16(2,8-4-9-18)11-20-15-13-5-3-6-14(17)12(13)7-10-19-15/h3,5-7,10H,4,8-9,11,18H2,1-2H3,(H,19,20). The molecule has 2 rings (SSSR count). The van der Waals surface area contributed by atoms with Crippen LogP contribution in [0.3, 0.4) is 0 Å². The predicted octanol–water partition coefficient (Wildman–Crippen LogP) is 4.17. The van der Waals surface area contributed by atoms with Crippen molar-refractivity contribution in [2.75, 3.05) is 18.4 Å². The van der Waals surface area contributed by atoms with Crippen LogP contribution >= 0.6 is 15.9 Å². The molecule has 0 atom stereocenters. The second-order valence-corrected chi connectivity index (χ2v) is 6.76. The van der Waals surface area contributed by atoms with Gasteiger partial charge in [-0.1, -0.05) is 41.9 Å². The highest BCUT2D eigenvalue weighted by molar-refractivity contribution is 9.10. The van der Waals surface area contributed by atoms with Crippen LogP contribution in [-0.2, 0) is 0 Å². The number of benzene rings is 1. The molecule has 2 aromatic rings. The van der Waals surface area contributed by atoms with Crippen LogP contribution < -0.4 is 11.1 Å². The first-order valence-corrected chi connectivity index (χ1v) is 7.80. The lowest BCUT2D eigenvalue weighted by Crippen LogP contribution is -2.24. The van der Waals surface area contributed by atoms with Gasteiger partial charge < -0.3 is 11.1 Å². The Morgan fingerprint density at radius 3 is 2.80 bits per heavy atom. The third-order valence-electron chi connectivity index (χ3n) is 3.54. The van der Waals surface area contributed by atoms with Gasteiger partial charge in [0.05, 0.1) is 0 Å². The first-order valence-electron chi connectivity index (χ1n) is 7.01. The van der Waals surface area contributed by atoms with Gasteiger partial charge in [0.25, 0.3) is 0 Å². The van der Waals surface area contributed by atoms with E-state index >= 15 is 0 Å². The molecule has 3 nitrogen and oxygen atoms in total. The molecule has 0 saturated carbocycles. The van der Waals surface area contributed by atoms with Gasteiger partial charge in [0, 0.05) is 28.0 Å². The topological polar surface area (TPSA) is 50.9 Å². The molecule has 0 aliphatic carbocycles. The summed E-state index contributed by atoms with van der Waals surface area (Å²) in [6.07, 6.45) is 4.02. The molecule has 0 aliphatic heterocycles. The predicted molar refractivity (Wildman–Crippen MR) is 90.0 cm³/mol. The van der Waals surface area contributed by atoms with Gasteiger partial charge >= 0.3 is 0 Å². The number of halogens is 1. The molecule has 20 heavy (non-hydrogen) atoms.